The van der Waals surface area contributed by atoms with Crippen molar-refractivity contribution in [3.05, 3.63) is 23.9 Å². The van der Waals surface area contributed by atoms with Crippen LogP contribution < -0.4 is 9.47 Å². The molecule has 1 aliphatic carbocycles. The number of aromatic carboxylic acids is 1. The number of aromatic nitrogens is 1. The lowest BCUT2D eigenvalue weighted by Crippen LogP contribution is -2.19. The van der Waals surface area contributed by atoms with Crippen LogP contribution in [0.4, 0.5) is 0 Å². The Hall–Kier alpha value is -2.17. The number of benzene rings is 1. The molecule has 1 aromatic carbocycles. The minimum absolute atomic E-state index is 0.00584. The molecular weight excluding hydrogens is 294 g/mol. The number of carboxylic acid groups (broad SMARTS) is 1. The molecule has 0 amide bonds. The average Bonchev–Trinajstić information content (AvgIpc) is 2.92. The van der Waals surface area contributed by atoms with Crippen LogP contribution in [0.3, 0.4) is 0 Å². The number of rotatable bonds is 5. The summed E-state index contributed by atoms with van der Waals surface area (Å²) >= 11 is 0. The van der Waals surface area contributed by atoms with Gasteiger partial charge in [-0.3, -0.25) is 0 Å². The third kappa shape index (κ3) is 3.60. The Morgan fingerprint density at radius 1 is 1.22 bits per heavy atom. The first-order valence-corrected chi connectivity index (χ1v) is 8.26. The molecule has 2 aromatic rings. The van der Waals surface area contributed by atoms with Gasteiger partial charge in [-0.1, -0.05) is 6.42 Å². The van der Waals surface area contributed by atoms with Gasteiger partial charge in [0, 0.05) is 17.5 Å². The van der Waals surface area contributed by atoms with Crippen LogP contribution in [0, 0.1) is 0 Å². The summed E-state index contributed by atoms with van der Waals surface area (Å²) in [7, 11) is 0. The lowest BCUT2D eigenvalue weighted by Gasteiger charge is -2.23. The van der Waals surface area contributed by atoms with E-state index < -0.39 is 5.97 Å². The first kappa shape index (κ1) is 15.7. The number of carboxylic acids is 1. The number of aromatic amines is 1. The lowest BCUT2D eigenvalue weighted by molar-refractivity contribution is 0.0691. The highest BCUT2D eigenvalue weighted by Gasteiger charge is 2.18. The summed E-state index contributed by atoms with van der Waals surface area (Å²) in [6, 6.07) is 5.35. The van der Waals surface area contributed by atoms with Gasteiger partial charge in [-0.25, -0.2) is 4.79 Å². The Labute approximate surface area is 135 Å². The lowest BCUT2D eigenvalue weighted by atomic mass is 9.98. The topological polar surface area (TPSA) is 71.5 Å². The number of fused-ring (bicyclic) bond motifs is 1. The van der Waals surface area contributed by atoms with Crippen LogP contribution in [0.1, 0.15) is 56.4 Å². The van der Waals surface area contributed by atoms with E-state index in [-0.39, 0.29) is 17.9 Å². The van der Waals surface area contributed by atoms with Crippen LogP contribution in [-0.4, -0.2) is 28.3 Å². The first-order chi connectivity index (χ1) is 11.0. The van der Waals surface area contributed by atoms with Crippen LogP contribution in [0.5, 0.6) is 11.5 Å². The summed E-state index contributed by atoms with van der Waals surface area (Å²) < 4.78 is 12.0. The maximum absolute atomic E-state index is 11.2. The zero-order chi connectivity index (χ0) is 16.4. The zero-order valence-electron chi connectivity index (χ0n) is 13.6. The van der Waals surface area contributed by atoms with E-state index in [9.17, 15) is 9.90 Å². The Morgan fingerprint density at radius 3 is 2.61 bits per heavy atom. The number of H-pyrrole nitrogens is 1. The minimum Gasteiger partial charge on any atom is -0.490 e. The maximum atomic E-state index is 11.2. The van der Waals surface area contributed by atoms with E-state index >= 15 is 0 Å². The molecule has 1 saturated carbocycles. The van der Waals surface area contributed by atoms with Crippen molar-refractivity contribution in [2.24, 2.45) is 0 Å². The van der Waals surface area contributed by atoms with Crippen molar-refractivity contribution in [1.82, 2.24) is 4.98 Å². The smallest absolute Gasteiger partial charge is 0.352 e. The summed E-state index contributed by atoms with van der Waals surface area (Å²) in [5.41, 5.74) is 0.884. The molecule has 0 radical (unpaired) electrons. The minimum atomic E-state index is -0.980. The third-order valence-electron chi connectivity index (χ3n) is 4.12. The second kappa shape index (κ2) is 6.52. The first-order valence-electron chi connectivity index (χ1n) is 8.26. The highest BCUT2D eigenvalue weighted by Crippen LogP contribution is 2.34. The van der Waals surface area contributed by atoms with E-state index in [1.807, 2.05) is 26.0 Å². The molecule has 0 aliphatic heterocycles. The Kier molecular flexibility index (Phi) is 4.46. The van der Waals surface area contributed by atoms with Gasteiger partial charge in [-0.05, 0) is 45.6 Å². The normalized spacial score (nSPS) is 16.0. The molecule has 1 heterocycles. The van der Waals surface area contributed by atoms with Gasteiger partial charge >= 0.3 is 5.97 Å². The summed E-state index contributed by atoms with van der Waals surface area (Å²) in [6.07, 6.45) is 6.07. The molecule has 3 rings (SSSR count). The SMILES string of the molecule is CC(C)Oc1cc(OC2CCCCC2)cc2[nH]c(C(=O)O)cc12. The van der Waals surface area contributed by atoms with Gasteiger partial charge in [0.15, 0.2) is 0 Å². The van der Waals surface area contributed by atoms with Crippen LogP contribution in [0.2, 0.25) is 0 Å². The molecule has 5 heteroatoms. The molecule has 0 saturated heterocycles. The molecule has 0 atom stereocenters. The Bertz CT molecular complexity index is 698. The molecule has 0 unspecified atom stereocenters. The molecule has 1 fully saturated rings. The van der Waals surface area contributed by atoms with Crippen LogP contribution in [0.15, 0.2) is 18.2 Å². The fourth-order valence-corrected chi connectivity index (χ4v) is 3.09. The van der Waals surface area contributed by atoms with Gasteiger partial charge in [0.25, 0.3) is 0 Å². The van der Waals surface area contributed by atoms with Crippen molar-refractivity contribution in [3.63, 3.8) is 0 Å². The predicted octanol–water partition coefficient (Wildman–Crippen LogP) is 4.36. The fourth-order valence-electron chi connectivity index (χ4n) is 3.09. The summed E-state index contributed by atoms with van der Waals surface area (Å²) in [4.78, 5) is 14.1. The second-order valence-electron chi connectivity index (χ2n) is 6.42. The third-order valence-corrected chi connectivity index (χ3v) is 4.12. The highest BCUT2D eigenvalue weighted by atomic mass is 16.5. The maximum Gasteiger partial charge on any atom is 0.352 e. The number of hydrogen-bond donors (Lipinski definition) is 2. The molecule has 23 heavy (non-hydrogen) atoms. The van der Waals surface area contributed by atoms with E-state index in [1.165, 1.54) is 19.3 Å². The van der Waals surface area contributed by atoms with E-state index in [4.69, 9.17) is 9.47 Å². The molecule has 1 aromatic heterocycles. The quantitative estimate of drug-likeness (QED) is 0.859. The van der Waals surface area contributed by atoms with Crippen molar-refractivity contribution in [2.45, 2.75) is 58.2 Å². The van der Waals surface area contributed by atoms with Crippen LogP contribution in [0.25, 0.3) is 10.9 Å². The van der Waals surface area contributed by atoms with Crippen molar-refractivity contribution in [3.8, 4) is 11.5 Å². The summed E-state index contributed by atoms with van der Waals surface area (Å²) in [5, 5.41) is 9.96. The average molecular weight is 317 g/mol. The van der Waals surface area contributed by atoms with Crippen molar-refractivity contribution in [1.29, 1.82) is 0 Å². The van der Waals surface area contributed by atoms with Gasteiger partial charge in [0.05, 0.1) is 17.7 Å². The monoisotopic (exact) mass is 317 g/mol. The molecule has 2 N–H and O–H groups in total. The Balaban J connectivity index is 1.95. The molecule has 1 aliphatic rings. The van der Waals surface area contributed by atoms with Gasteiger partial charge in [0.2, 0.25) is 0 Å². The number of nitrogens with one attached hydrogen (secondary N) is 1. The Morgan fingerprint density at radius 2 is 1.96 bits per heavy atom. The molecule has 124 valence electrons. The fraction of sp³-hybridized carbons (Fsp3) is 0.500. The van der Waals surface area contributed by atoms with E-state index in [1.54, 1.807) is 6.07 Å². The van der Waals surface area contributed by atoms with Crippen LogP contribution in [-0.2, 0) is 0 Å². The van der Waals surface area contributed by atoms with Crippen molar-refractivity contribution in [2.75, 3.05) is 0 Å². The zero-order valence-corrected chi connectivity index (χ0v) is 13.6. The van der Waals surface area contributed by atoms with E-state index in [0.717, 1.165) is 29.5 Å². The van der Waals surface area contributed by atoms with Gasteiger partial charge in [0.1, 0.15) is 17.2 Å². The molecule has 0 spiro atoms. The summed E-state index contributed by atoms with van der Waals surface area (Å²) in [5.74, 6) is 0.414. The number of carbonyl (C=O) groups is 1. The number of hydrogen-bond acceptors (Lipinski definition) is 3. The second-order valence-corrected chi connectivity index (χ2v) is 6.42. The van der Waals surface area contributed by atoms with Gasteiger partial charge in [-0.15, -0.1) is 0 Å². The largest absolute Gasteiger partial charge is 0.490 e. The molecule has 0 bridgehead atoms. The van der Waals surface area contributed by atoms with Crippen LogP contribution >= 0.6 is 0 Å². The highest BCUT2D eigenvalue weighted by molar-refractivity contribution is 5.96. The summed E-state index contributed by atoms with van der Waals surface area (Å²) in [6.45, 7) is 3.90. The molecular formula is C18H23NO4. The standard InChI is InChI=1S/C18H23NO4/c1-11(2)22-17-9-13(23-12-6-4-3-5-7-12)8-15-14(17)10-16(19-15)18(20)21/h8-12,19H,3-7H2,1-2H3,(H,20,21). The number of ether oxygens (including phenoxy) is 2. The van der Waals surface area contributed by atoms with Crippen molar-refractivity contribution < 1.29 is 19.4 Å². The van der Waals surface area contributed by atoms with E-state index in [2.05, 4.69) is 4.98 Å². The predicted molar refractivity (Wildman–Crippen MR) is 88.5 cm³/mol. The van der Waals surface area contributed by atoms with Gasteiger partial charge in [-0.2, -0.15) is 0 Å². The van der Waals surface area contributed by atoms with Crippen molar-refractivity contribution >= 4 is 16.9 Å². The molecule has 5 nitrogen and oxygen atoms in total. The van der Waals surface area contributed by atoms with Gasteiger partial charge < -0.3 is 19.6 Å². The van der Waals surface area contributed by atoms with E-state index in [0.29, 0.717) is 5.75 Å².